The van der Waals surface area contributed by atoms with Crippen LogP contribution in [-0.2, 0) is 0 Å². The van der Waals surface area contributed by atoms with Crippen molar-refractivity contribution in [2.24, 2.45) is 0 Å². The van der Waals surface area contributed by atoms with E-state index < -0.39 is 0 Å². The summed E-state index contributed by atoms with van der Waals surface area (Å²) in [6.07, 6.45) is 2.02. The molecule has 1 heterocycles. The predicted molar refractivity (Wildman–Crippen MR) is 43.8 cm³/mol. The van der Waals surface area contributed by atoms with E-state index in [1.54, 1.807) is 12.1 Å². The molecule has 0 spiro atoms. The zero-order valence-electron chi connectivity index (χ0n) is 6.15. The minimum absolute atomic E-state index is 0.411. The molecule has 0 radical (unpaired) electrons. The zero-order valence-corrected chi connectivity index (χ0v) is 6.15. The number of aldehydes is 1. The molecule has 12 heavy (non-hydrogen) atoms. The second-order valence-corrected chi connectivity index (χ2v) is 2.42. The van der Waals surface area contributed by atoms with Crippen LogP contribution in [0.3, 0.4) is 0 Å². The lowest BCUT2D eigenvalue weighted by Crippen LogP contribution is -1.91. The molecule has 0 saturated heterocycles. The maximum atomic E-state index is 10.5. The highest BCUT2D eigenvalue weighted by atomic mass is 16.3. The van der Waals surface area contributed by atoms with Gasteiger partial charge in [-0.3, -0.25) is 4.79 Å². The minimum atomic E-state index is 0.411. The van der Waals surface area contributed by atoms with Gasteiger partial charge in [-0.1, -0.05) is 0 Å². The molecule has 2 N–H and O–H groups in total. The molecule has 0 bridgehead atoms. The van der Waals surface area contributed by atoms with Crippen LogP contribution in [0.5, 0.6) is 0 Å². The molecule has 1 aromatic heterocycles. The van der Waals surface area contributed by atoms with E-state index in [-0.39, 0.29) is 0 Å². The van der Waals surface area contributed by atoms with Crippen LogP contribution in [0.4, 0.5) is 5.69 Å². The first-order valence-electron chi connectivity index (χ1n) is 3.39. The van der Waals surface area contributed by atoms with Crippen molar-refractivity contribution in [1.82, 2.24) is 4.98 Å². The summed E-state index contributed by atoms with van der Waals surface area (Å²) in [5, 5.41) is 0. The Balaban J connectivity index is 2.81. The van der Waals surface area contributed by atoms with Gasteiger partial charge in [-0.05, 0) is 6.07 Å². The highest BCUT2D eigenvalue weighted by Crippen LogP contribution is 2.19. The van der Waals surface area contributed by atoms with Gasteiger partial charge >= 0.3 is 0 Å². The number of hydrogen-bond acceptors (Lipinski definition) is 4. The lowest BCUT2D eigenvalue weighted by Gasteiger charge is -1.95. The third-order valence-electron chi connectivity index (χ3n) is 1.66. The van der Waals surface area contributed by atoms with Gasteiger partial charge in [0.1, 0.15) is 5.52 Å². The van der Waals surface area contributed by atoms with Crippen LogP contribution >= 0.6 is 0 Å². The number of nitrogens with two attached hydrogens (primary N) is 1. The SMILES string of the molecule is Nc1cc2ocnc2cc1C=O. The van der Waals surface area contributed by atoms with Crippen LogP contribution in [-0.4, -0.2) is 11.3 Å². The van der Waals surface area contributed by atoms with Crippen molar-refractivity contribution in [2.75, 3.05) is 5.73 Å². The Morgan fingerprint density at radius 2 is 2.33 bits per heavy atom. The molecule has 4 heteroatoms. The molecule has 0 aliphatic rings. The number of anilines is 1. The Labute approximate surface area is 68.0 Å². The number of oxazole rings is 1. The lowest BCUT2D eigenvalue weighted by atomic mass is 10.2. The Hall–Kier alpha value is -1.84. The van der Waals surface area contributed by atoms with Crippen LogP contribution in [0.25, 0.3) is 11.1 Å². The average Bonchev–Trinajstić information content (AvgIpc) is 2.49. The maximum Gasteiger partial charge on any atom is 0.181 e. The zero-order chi connectivity index (χ0) is 8.55. The van der Waals surface area contributed by atoms with E-state index in [0.29, 0.717) is 28.6 Å². The van der Waals surface area contributed by atoms with E-state index in [1.165, 1.54) is 6.39 Å². The van der Waals surface area contributed by atoms with Gasteiger partial charge in [-0.2, -0.15) is 0 Å². The second kappa shape index (κ2) is 2.34. The van der Waals surface area contributed by atoms with E-state index in [9.17, 15) is 4.79 Å². The fourth-order valence-corrected chi connectivity index (χ4v) is 1.04. The Morgan fingerprint density at radius 3 is 3.08 bits per heavy atom. The molecule has 0 atom stereocenters. The summed E-state index contributed by atoms with van der Waals surface area (Å²) in [7, 11) is 0. The normalized spacial score (nSPS) is 10.3. The number of hydrogen-bond donors (Lipinski definition) is 1. The van der Waals surface area contributed by atoms with Gasteiger partial charge in [0.05, 0.1) is 0 Å². The van der Waals surface area contributed by atoms with Crippen LogP contribution in [0.15, 0.2) is 22.9 Å². The first kappa shape index (κ1) is 6.84. The van der Waals surface area contributed by atoms with Crippen molar-refractivity contribution < 1.29 is 9.21 Å². The van der Waals surface area contributed by atoms with E-state index in [0.717, 1.165) is 0 Å². The Bertz CT molecular complexity index is 434. The number of nitrogen functional groups attached to an aromatic ring is 1. The van der Waals surface area contributed by atoms with E-state index in [2.05, 4.69) is 4.98 Å². The van der Waals surface area contributed by atoms with Gasteiger partial charge in [0.15, 0.2) is 18.3 Å². The molecule has 0 fully saturated rings. The number of carbonyl (C=O) groups excluding carboxylic acids is 1. The summed E-state index contributed by atoms with van der Waals surface area (Å²) in [4.78, 5) is 14.3. The average molecular weight is 162 g/mol. The first-order chi connectivity index (χ1) is 5.81. The summed E-state index contributed by atoms with van der Waals surface area (Å²) < 4.78 is 4.99. The summed E-state index contributed by atoms with van der Waals surface area (Å²) in [6.45, 7) is 0. The fourth-order valence-electron chi connectivity index (χ4n) is 1.04. The Morgan fingerprint density at radius 1 is 1.50 bits per heavy atom. The molecule has 0 amide bonds. The van der Waals surface area contributed by atoms with Crippen molar-refractivity contribution in [3.05, 3.63) is 24.1 Å². The molecule has 0 aliphatic carbocycles. The molecule has 2 rings (SSSR count). The second-order valence-electron chi connectivity index (χ2n) is 2.42. The molecular formula is C8H6N2O2. The van der Waals surface area contributed by atoms with Crippen molar-refractivity contribution >= 4 is 23.1 Å². The highest BCUT2D eigenvalue weighted by molar-refractivity contribution is 5.91. The van der Waals surface area contributed by atoms with Crippen molar-refractivity contribution in [3.8, 4) is 0 Å². The number of fused-ring (bicyclic) bond motifs is 1. The molecule has 60 valence electrons. The van der Waals surface area contributed by atoms with Gasteiger partial charge in [-0.25, -0.2) is 4.98 Å². The molecule has 0 saturated carbocycles. The third kappa shape index (κ3) is 0.852. The fraction of sp³-hybridized carbons (Fsp3) is 0. The van der Waals surface area contributed by atoms with Gasteiger partial charge < -0.3 is 10.2 Å². The van der Waals surface area contributed by atoms with Crippen molar-refractivity contribution in [2.45, 2.75) is 0 Å². The van der Waals surface area contributed by atoms with E-state index in [4.69, 9.17) is 10.2 Å². The molecule has 4 nitrogen and oxygen atoms in total. The van der Waals surface area contributed by atoms with Crippen LogP contribution in [0.2, 0.25) is 0 Å². The van der Waals surface area contributed by atoms with Crippen molar-refractivity contribution in [3.63, 3.8) is 0 Å². The summed E-state index contributed by atoms with van der Waals surface area (Å²) in [5.74, 6) is 0. The first-order valence-corrected chi connectivity index (χ1v) is 3.39. The van der Waals surface area contributed by atoms with Crippen molar-refractivity contribution in [1.29, 1.82) is 0 Å². The summed E-state index contributed by atoms with van der Waals surface area (Å²) in [5.41, 5.74) is 7.63. The topological polar surface area (TPSA) is 69.1 Å². The molecule has 0 unspecified atom stereocenters. The molecule has 2 aromatic rings. The van der Waals surface area contributed by atoms with Crippen LogP contribution in [0.1, 0.15) is 10.4 Å². The lowest BCUT2D eigenvalue weighted by molar-refractivity contribution is 0.112. The monoisotopic (exact) mass is 162 g/mol. The number of aromatic nitrogens is 1. The predicted octanol–water partition coefficient (Wildman–Crippen LogP) is 1.22. The molecule has 1 aromatic carbocycles. The van der Waals surface area contributed by atoms with Gasteiger partial charge in [0.2, 0.25) is 0 Å². The van der Waals surface area contributed by atoms with Crippen LogP contribution in [0, 0.1) is 0 Å². The number of carbonyl (C=O) groups is 1. The molecular weight excluding hydrogens is 156 g/mol. The smallest absolute Gasteiger partial charge is 0.181 e. The maximum absolute atomic E-state index is 10.5. The molecule has 0 aliphatic heterocycles. The third-order valence-corrected chi connectivity index (χ3v) is 1.66. The van der Waals surface area contributed by atoms with Crippen LogP contribution < -0.4 is 5.73 Å². The number of benzene rings is 1. The standard InChI is InChI=1S/C8H6N2O2/c9-6-2-8-7(10-4-12-8)1-5(6)3-11/h1-4H,9H2. The van der Waals surface area contributed by atoms with Gasteiger partial charge in [0, 0.05) is 17.3 Å². The van der Waals surface area contributed by atoms with E-state index >= 15 is 0 Å². The minimum Gasteiger partial charge on any atom is -0.443 e. The number of rotatable bonds is 1. The Kier molecular flexibility index (Phi) is 1.33. The largest absolute Gasteiger partial charge is 0.443 e. The van der Waals surface area contributed by atoms with Gasteiger partial charge in [-0.15, -0.1) is 0 Å². The van der Waals surface area contributed by atoms with E-state index in [1.807, 2.05) is 0 Å². The quantitative estimate of drug-likeness (QED) is 0.505. The highest BCUT2D eigenvalue weighted by Gasteiger charge is 2.03. The number of nitrogens with zero attached hydrogens (tertiary/aromatic N) is 1. The summed E-state index contributed by atoms with van der Waals surface area (Å²) in [6, 6.07) is 3.19. The summed E-state index contributed by atoms with van der Waals surface area (Å²) >= 11 is 0. The van der Waals surface area contributed by atoms with Gasteiger partial charge in [0.25, 0.3) is 0 Å².